The highest BCUT2D eigenvalue weighted by Crippen LogP contribution is 2.61. The molecule has 1 amide bonds. The number of ketones is 1. The van der Waals surface area contributed by atoms with Gasteiger partial charge in [-0.05, 0) is 25.0 Å². The van der Waals surface area contributed by atoms with Gasteiger partial charge in [0.2, 0.25) is 5.91 Å². The molecule has 7 nitrogen and oxygen atoms in total. The van der Waals surface area contributed by atoms with Gasteiger partial charge in [-0.15, -0.1) is 11.8 Å². The van der Waals surface area contributed by atoms with Gasteiger partial charge in [-0.2, -0.15) is 0 Å². The summed E-state index contributed by atoms with van der Waals surface area (Å²) in [7, 11) is 0. The van der Waals surface area contributed by atoms with E-state index in [1.54, 1.807) is 36.0 Å². The van der Waals surface area contributed by atoms with Crippen molar-refractivity contribution in [2.24, 2.45) is 5.92 Å². The number of benzene rings is 3. The molecule has 3 heterocycles. The predicted octanol–water partition coefficient (Wildman–Crippen LogP) is 5.03. The van der Waals surface area contributed by atoms with Crippen molar-refractivity contribution in [2.75, 3.05) is 16.9 Å². The number of anilines is 1. The van der Waals surface area contributed by atoms with Crippen molar-refractivity contribution in [1.29, 1.82) is 0 Å². The second kappa shape index (κ2) is 8.28. The third-order valence-electron chi connectivity index (χ3n) is 7.88. The van der Waals surface area contributed by atoms with E-state index in [9.17, 15) is 19.7 Å². The van der Waals surface area contributed by atoms with Crippen molar-refractivity contribution >= 4 is 34.8 Å². The third-order valence-corrected chi connectivity index (χ3v) is 8.92. The Balaban J connectivity index is 1.64. The summed E-state index contributed by atoms with van der Waals surface area (Å²) in [6.45, 7) is 3.98. The summed E-state index contributed by atoms with van der Waals surface area (Å²) in [4.78, 5) is 42.0. The van der Waals surface area contributed by atoms with Crippen molar-refractivity contribution in [3.8, 4) is 0 Å². The molecular weight excluding hydrogens is 474 g/mol. The van der Waals surface area contributed by atoms with E-state index in [2.05, 4.69) is 10.2 Å². The molecule has 182 valence electrons. The molecule has 0 aliphatic carbocycles. The molecule has 6 rings (SSSR count). The van der Waals surface area contributed by atoms with Gasteiger partial charge in [0.1, 0.15) is 5.54 Å². The zero-order valence-electron chi connectivity index (χ0n) is 19.9. The Kier molecular flexibility index (Phi) is 5.28. The van der Waals surface area contributed by atoms with Crippen LogP contribution in [0.2, 0.25) is 0 Å². The lowest BCUT2D eigenvalue weighted by Crippen LogP contribution is -2.52. The number of rotatable bonds is 4. The topological polar surface area (TPSA) is 92.5 Å². The van der Waals surface area contributed by atoms with Crippen molar-refractivity contribution in [1.82, 2.24) is 4.90 Å². The highest BCUT2D eigenvalue weighted by Gasteiger charge is 2.69. The van der Waals surface area contributed by atoms with E-state index in [0.29, 0.717) is 11.4 Å². The first-order valence-electron chi connectivity index (χ1n) is 12.0. The number of non-ortho nitro benzene ring substituents is 1. The van der Waals surface area contributed by atoms with Crippen LogP contribution in [0.3, 0.4) is 0 Å². The number of carbonyl (C=O) groups is 2. The van der Waals surface area contributed by atoms with Gasteiger partial charge in [-0.25, -0.2) is 0 Å². The van der Waals surface area contributed by atoms with Crippen molar-refractivity contribution in [2.45, 2.75) is 31.3 Å². The second-order valence-corrected chi connectivity index (χ2v) is 10.8. The number of fused-ring (bicyclic) bond motifs is 4. The average Bonchev–Trinajstić information content (AvgIpc) is 3.53. The summed E-state index contributed by atoms with van der Waals surface area (Å²) in [5.41, 5.74) is 3.64. The molecule has 3 aromatic carbocycles. The lowest BCUT2D eigenvalue weighted by molar-refractivity contribution is -0.384. The molecule has 1 N–H and O–H groups in total. The molecule has 3 aliphatic rings. The van der Waals surface area contributed by atoms with Gasteiger partial charge >= 0.3 is 0 Å². The van der Waals surface area contributed by atoms with Crippen LogP contribution in [-0.4, -0.2) is 39.2 Å². The van der Waals surface area contributed by atoms with Gasteiger partial charge in [-0.1, -0.05) is 60.2 Å². The van der Waals surface area contributed by atoms with Gasteiger partial charge in [0.05, 0.1) is 10.8 Å². The van der Waals surface area contributed by atoms with Crippen LogP contribution in [0.4, 0.5) is 11.4 Å². The van der Waals surface area contributed by atoms with E-state index >= 15 is 0 Å². The summed E-state index contributed by atoms with van der Waals surface area (Å²) in [5, 5.41) is 14.8. The normalized spacial score (nSPS) is 26.6. The Morgan fingerprint density at radius 3 is 2.64 bits per heavy atom. The first-order chi connectivity index (χ1) is 17.3. The molecule has 8 heteroatoms. The number of thioether (sulfide) groups is 1. The monoisotopic (exact) mass is 499 g/mol. The quantitative estimate of drug-likeness (QED) is 0.308. The Morgan fingerprint density at radius 2 is 1.89 bits per heavy atom. The highest BCUT2D eigenvalue weighted by molar-refractivity contribution is 7.99. The Morgan fingerprint density at radius 1 is 1.11 bits per heavy atom. The minimum absolute atomic E-state index is 0.0143. The number of nitrogens with one attached hydrogen (secondary N) is 1. The third kappa shape index (κ3) is 3.10. The zero-order chi connectivity index (χ0) is 25.2. The number of carbonyl (C=O) groups excluding carboxylic acids is 2. The summed E-state index contributed by atoms with van der Waals surface area (Å²) in [5.74, 6) is -0.0924. The minimum Gasteiger partial charge on any atom is -0.324 e. The maximum Gasteiger partial charge on any atom is 0.269 e. The smallest absolute Gasteiger partial charge is 0.269 e. The molecule has 36 heavy (non-hydrogen) atoms. The summed E-state index contributed by atoms with van der Waals surface area (Å²) in [6, 6.07) is 19.6. The minimum atomic E-state index is -1.19. The molecule has 2 saturated heterocycles. The number of amides is 1. The van der Waals surface area contributed by atoms with Gasteiger partial charge in [0.15, 0.2) is 5.78 Å². The Bertz CT molecular complexity index is 1430. The van der Waals surface area contributed by atoms with Crippen molar-refractivity contribution < 1.29 is 14.5 Å². The highest BCUT2D eigenvalue weighted by atomic mass is 32.2. The second-order valence-electron chi connectivity index (χ2n) is 9.85. The van der Waals surface area contributed by atoms with Crippen LogP contribution >= 0.6 is 11.8 Å². The van der Waals surface area contributed by atoms with E-state index < -0.39 is 16.4 Å². The van der Waals surface area contributed by atoms with Crippen LogP contribution < -0.4 is 5.32 Å². The molecule has 3 aliphatic heterocycles. The Labute approximate surface area is 213 Å². The fourth-order valence-corrected chi connectivity index (χ4v) is 7.86. The van der Waals surface area contributed by atoms with Gasteiger partial charge < -0.3 is 5.32 Å². The van der Waals surface area contributed by atoms with Crippen molar-refractivity contribution in [3.63, 3.8) is 0 Å². The van der Waals surface area contributed by atoms with Crippen molar-refractivity contribution in [3.05, 3.63) is 105 Å². The van der Waals surface area contributed by atoms with Gasteiger partial charge in [0.25, 0.3) is 5.69 Å². The van der Waals surface area contributed by atoms with E-state index in [-0.39, 0.29) is 29.3 Å². The van der Waals surface area contributed by atoms with Gasteiger partial charge in [-0.3, -0.25) is 24.6 Å². The van der Waals surface area contributed by atoms with Crippen LogP contribution in [0.15, 0.2) is 66.7 Å². The standard InChI is InChI=1S/C28H25N3O4S/c1-16-11-17(2)25-21(12-16)28(27(33)29-25)24(26(32)18-7-4-3-5-8-18)23(22-14-36-15-30(22)28)19-9-6-10-20(13-19)31(34)35/h3-13,22-24H,14-15H2,1-2H3,(H,29,33)/t22-,23+,24-,28-/m1/s1. The first kappa shape index (κ1) is 22.9. The summed E-state index contributed by atoms with van der Waals surface area (Å²) < 4.78 is 0. The van der Waals surface area contributed by atoms with Crippen LogP contribution in [0.5, 0.6) is 0 Å². The van der Waals surface area contributed by atoms with Crippen LogP contribution in [0.1, 0.15) is 38.5 Å². The fourth-order valence-electron chi connectivity index (χ4n) is 6.53. The number of nitrogens with zero attached hydrogens (tertiary/aromatic N) is 2. The first-order valence-corrected chi connectivity index (χ1v) is 13.1. The van der Waals surface area contributed by atoms with Crippen LogP contribution in [0.25, 0.3) is 0 Å². The van der Waals surface area contributed by atoms with E-state index in [4.69, 9.17) is 0 Å². The molecule has 0 bridgehead atoms. The molecular formula is C28H25N3O4S. The average molecular weight is 500 g/mol. The van der Waals surface area contributed by atoms with E-state index in [1.807, 2.05) is 50.2 Å². The zero-order valence-corrected chi connectivity index (χ0v) is 20.7. The van der Waals surface area contributed by atoms with Gasteiger partial charge in [0, 0.05) is 52.5 Å². The molecule has 0 unspecified atom stereocenters. The lowest BCUT2D eigenvalue weighted by Gasteiger charge is -2.36. The van der Waals surface area contributed by atoms with Crippen LogP contribution in [-0.2, 0) is 10.3 Å². The molecule has 3 aromatic rings. The van der Waals surface area contributed by atoms with Crippen LogP contribution in [0, 0.1) is 29.9 Å². The largest absolute Gasteiger partial charge is 0.324 e. The molecule has 0 radical (unpaired) electrons. The Hall–Kier alpha value is -3.49. The molecule has 4 atom stereocenters. The van der Waals surface area contributed by atoms with E-state index in [1.165, 1.54) is 6.07 Å². The predicted molar refractivity (Wildman–Crippen MR) is 139 cm³/mol. The number of nitro groups is 1. The number of hydrogen-bond acceptors (Lipinski definition) is 6. The number of nitro benzene ring substituents is 1. The molecule has 2 fully saturated rings. The SMILES string of the molecule is Cc1cc(C)c2c(c1)[C@]1(C(=O)N2)[C@@H](C(=O)c2ccccc2)[C@@H](c2cccc([N+](=O)[O-])c2)[C@H]2CSCN21. The number of aryl methyl sites for hydroxylation is 2. The molecule has 0 aromatic heterocycles. The molecule has 1 spiro atoms. The number of hydrogen-bond donors (Lipinski definition) is 1. The summed E-state index contributed by atoms with van der Waals surface area (Å²) in [6.07, 6.45) is 0. The van der Waals surface area contributed by atoms with E-state index in [0.717, 1.165) is 33.7 Å². The number of Topliss-reactive ketones (excluding diaryl/α,β-unsaturated/α-hetero) is 1. The lowest BCUT2D eigenvalue weighted by atomic mass is 9.69. The molecule has 0 saturated carbocycles. The maximum absolute atomic E-state index is 14.4. The maximum atomic E-state index is 14.4. The fraction of sp³-hybridized carbons (Fsp3) is 0.286. The summed E-state index contributed by atoms with van der Waals surface area (Å²) >= 11 is 1.73.